The van der Waals surface area contributed by atoms with Crippen molar-refractivity contribution >= 4 is 17.7 Å². The molecule has 2 aromatic carbocycles. The van der Waals surface area contributed by atoms with Crippen LogP contribution in [0.3, 0.4) is 0 Å². The fourth-order valence-electron chi connectivity index (χ4n) is 2.03. The lowest BCUT2D eigenvalue weighted by Gasteiger charge is -2.22. The van der Waals surface area contributed by atoms with Crippen LogP contribution in [0.4, 0.5) is 0 Å². The molecule has 0 fully saturated rings. The van der Waals surface area contributed by atoms with Crippen molar-refractivity contribution in [3.05, 3.63) is 60.2 Å². The highest BCUT2D eigenvalue weighted by atomic mass is 32.2. The minimum Gasteiger partial charge on any atom is -0.457 e. The van der Waals surface area contributed by atoms with Gasteiger partial charge in [0.15, 0.2) is 0 Å². The van der Waals surface area contributed by atoms with E-state index < -0.39 is 5.60 Å². The van der Waals surface area contributed by atoms with Crippen LogP contribution >= 0.6 is 11.8 Å². The predicted molar refractivity (Wildman–Crippen MR) is 94.3 cm³/mol. The predicted octanol–water partition coefficient (Wildman–Crippen LogP) is 3.32. The van der Waals surface area contributed by atoms with Crippen molar-refractivity contribution in [1.82, 2.24) is 5.32 Å². The number of rotatable bonds is 7. The van der Waals surface area contributed by atoms with Crippen LogP contribution in [-0.4, -0.2) is 35.2 Å². The Morgan fingerprint density at radius 2 is 1.74 bits per heavy atom. The SMILES string of the molecule is CSC[C@@](C)(O)CNC(=O)c1ccc(Oc2ccccc2)cc1. The molecule has 0 radical (unpaired) electrons. The molecule has 1 amide bonds. The molecule has 5 heteroatoms. The molecule has 23 heavy (non-hydrogen) atoms. The standard InChI is InChI=1S/C18H21NO3S/c1-18(21,13-23-2)12-19-17(20)14-8-10-16(11-9-14)22-15-6-4-3-5-7-15/h3-11,21H,12-13H2,1-2H3,(H,19,20)/t18-/m0/s1. The van der Waals surface area contributed by atoms with E-state index in [9.17, 15) is 9.90 Å². The van der Waals surface area contributed by atoms with Crippen LogP contribution in [0, 0.1) is 0 Å². The first-order chi connectivity index (χ1) is 11.0. The molecule has 0 aliphatic rings. The van der Waals surface area contributed by atoms with Gasteiger partial charge in [0.2, 0.25) is 0 Å². The molecule has 2 rings (SSSR count). The summed E-state index contributed by atoms with van der Waals surface area (Å²) in [5.74, 6) is 1.77. The fraction of sp³-hybridized carbons (Fsp3) is 0.278. The highest BCUT2D eigenvalue weighted by molar-refractivity contribution is 7.98. The summed E-state index contributed by atoms with van der Waals surface area (Å²) in [6.07, 6.45) is 1.92. The van der Waals surface area contributed by atoms with Crippen LogP contribution < -0.4 is 10.1 Å². The fourth-order valence-corrected chi connectivity index (χ4v) is 2.76. The van der Waals surface area contributed by atoms with Gasteiger partial charge < -0.3 is 15.2 Å². The van der Waals surface area contributed by atoms with Crippen molar-refractivity contribution in [2.45, 2.75) is 12.5 Å². The van der Waals surface area contributed by atoms with Gasteiger partial charge in [-0.2, -0.15) is 11.8 Å². The third-order valence-corrected chi connectivity index (χ3v) is 4.09. The second kappa shape index (κ2) is 8.04. The Labute approximate surface area is 140 Å². The molecule has 0 aliphatic heterocycles. The molecular formula is C18H21NO3S. The number of hydrogen-bond donors (Lipinski definition) is 2. The molecule has 0 heterocycles. The summed E-state index contributed by atoms with van der Waals surface area (Å²) in [5, 5.41) is 12.8. The first kappa shape index (κ1) is 17.4. The molecule has 1 atom stereocenters. The number of amides is 1. The molecule has 0 unspecified atom stereocenters. The normalized spacial score (nSPS) is 13.2. The van der Waals surface area contributed by atoms with E-state index in [0.717, 1.165) is 5.75 Å². The van der Waals surface area contributed by atoms with Gasteiger partial charge in [0, 0.05) is 17.9 Å². The lowest BCUT2D eigenvalue weighted by atomic mass is 10.1. The van der Waals surface area contributed by atoms with Crippen molar-refractivity contribution in [2.24, 2.45) is 0 Å². The highest BCUT2D eigenvalue weighted by Gasteiger charge is 2.20. The summed E-state index contributed by atoms with van der Waals surface area (Å²) in [5.41, 5.74) is -0.379. The Kier molecular flexibility index (Phi) is 6.07. The quantitative estimate of drug-likeness (QED) is 0.817. The third-order valence-electron chi connectivity index (χ3n) is 3.18. The molecule has 2 aromatic rings. The average Bonchev–Trinajstić information content (AvgIpc) is 2.54. The van der Waals surface area contributed by atoms with E-state index in [2.05, 4.69) is 5.32 Å². The zero-order valence-electron chi connectivity index (χ0n) is 13.3. The number of ether oxygens (including phenoxy) is 1. The van der Waals surface area contributed by atoms with E-state index in [1.165, 1.54) is 0 Å². The van der Waals surface area contributed by atoms with E-state index in [-0.39, 0.29) is 12.5 Å². The van der Waals surface area contributed by atoms with E-state index in [0.29, 0.717) is 17.1 Å². The lowest BCUT2D eigenvalue weighted by molar-refractivity contribution is 0.0725. The number of nitrogens with one attached hydrogen (secondary N) is 1. The average molecular weight is 331 g/mol. The first-order valence-electron chi connectivity index (χ1n) is 7.33. The largest absolute Gasteiger partial charge is 0.457 e. The second-order valence-electron chi connectivity index (χ2n) is 5.55. The topological polar surface area (TPSA) is 58.6 Å². The van der Waals surface area contributed by atoms with Crippen molar-refractivity contribution in [3.63, 3.8) is 0 Å². The summed E-state index contributed by atoms with van der Waals surface area (Å²) < 4.78 is 5.68. The van der Waals surface area contributed by atoms with Gasteiger partial charge >= 0.3 is 0 Å². The van der Waals surface area contributed by atoms with Crippen LogP contribution in [0.1, 0.15) is 17.3 Å². The summed E-state index contributed by atoms with van der Waals surface area (Å²) in [4.78, 5) is 12.1. The number of carbonyl (C=O) groups excluding carboxylic acids is 1. The van der Waals surface area contributed by atoms with E-state index in [1.807, 2.05) is 36.6 Å². The molecule has 122 valence electrons. The molecular weight excluding hydrogens is 310 g/mol. The number of benzene rings is 2. The third kappa shape index (κ3) is 5.62. The van der Waals surface area contributed by atoms with Gasteiger partial charge in [-0.25, -0.2) is 0 Å². The number of carbonyl (C=O) groups is 1. The maximum absolute atomic E-state index is 12.1. The molecule has 0 aromatic heterocycles. The Morgan fingerprint density at radius 3 is 2.35 bits per heavy atom. The smallest absolute Gasteiger partial charge is 0.251 e. The van der Waals surface area contributed by atoms with E-state index in [4.69, 9.17) is 4.74 Å². The Balaban J connectivity index is 1.92. The molecule has 0 saturated heterocycles. The van der Waals surface area contributed by atoms with Crippen molar-refractivity contribution in [2.75, 3.05) is 18.6 Å². The number of hydrogen-bond acceptors (Lipinski definition) is 4. The maximum Gasteiger partial charge on any atom is 0.251 e. The first-order valence-corrected chi connectivity index (χ1v) is 8.72. The lowest BCUT2D eigenvalue weighted by Crippen LogP contribution is -2.42. The molecule has 2 N–H and O–H groups in total. The van der Waals surface area contributed by atoms with Gasteiger partial charge in [-0.15, -0.1) is 0 Å². The van der Waals surface area contributed by atoms with Crippen LogP contribution in [0.15, 0.2) is 54.6 Å². The van der Waals surface area contributed by atoms with Crippen LogP contribution in [0.2, 0.25) is 0 Å². The van der Waals surface area contributed by atoms with E-state index >= 15 is 0 Å². The van der Waals surface area contributed by atoms with Crippen molar-refractivity contribution in [1.29, 1.82) is 0 Å². The number of thioether (sulfide) groups is 1. The number of para-hydroxylation sites is 1. The molecule has 0 bridgehead atoms. The van der Waals surface area contributed by atoms with Gasteiger partial charge in [0.25, 0.3) is 5.91 Å². The van der Waals surface area contributed by atoms with Crippen LogP contribution in [0.5, 0.6) is 11.5 Å². The Bertz CT molecular complexity index is 626. The molecule has 0 saturated carbocycles. The summed E-state index contributed by atoms with van der Waals surface area (Å²) in [6, 6.07) is 16.4. The molecule has 0 aliphatic carbocycles. The minimum atomic E-state index is -0.911. The van der Waals surface area contributed by atoms with Gasteiger partial charge in [0.05, 0.1) is 5.60 Å². The maximum atomic E-state index is 12.1. The van der Waals surface area contributed by atoms with E-state index in [1.54, 1.807) is 43.0 Å². The van der Waals surface area contributed by atoms with Crippen molar-refractivity contribution < 1.29 is 14.6 Å². The number of aliphatic hydroxyl groups is 1. The van der Waals surface area contributed by atoms with Gasteiger partial charge in [-0.05, 0) is 49.6 Å². The molecule has 4 nitrogen and oxygen atoms in total. The zero-order valence-corrected chi connectivity index (χ0v) is 14.1. The highest BCUT2D eigenvalue weighted by Crippen LogP contribution is 2.21. The monoisotopic (exact) mass is 331 g/mol. The summed E-state index contributed by atoms with van der Waals surface area (Å²) in [7, 11) is 0. The Morgan fingerprint density at radius 1 is 1.13 bits per heavy atom. The zero-order chi connectivity index (χ0) is 16.7. The summed E-state index contributed by atoms with van der Waals surface area (Å²) >= 11 is 1.54. The minimum absolute atomic E-state index is 0.211. The van der Waals surface area contributed by atoms with Crippen LogP contribution in [0.25, 0.3) is 0 Å². The van der Waals surface area contributed by atoms with Crippen molar-refractivity contribution in [3.8, 4) is 11.5 Å². The summed E-state index contributed by atoms with van der Waals surface area (Å²) in [6.45, 7) is 1.93. The van der Waals surface area contributed by atoms with Crippen LogP contribution in [-0.2, 0) is 0 Å². The molecule has 0 spiro atoms. The van der Waals surface area contributed by atoms with Gasteiger partial charge in [-0.3, -0.25) is 4.79 Å². The van der Waals surface area contributed by atoms with Gasteiger partial charge in [0.1, 0.15) is 11.5 Å². The second-order valence-corrected chi connectivity index (χ2v) is 6.42. The Hall–Kier alpha value is -1.98. The van der Waals surface area contributed by atoms with Gasteiger partial charge in [-0.1, -0.05) is 18.2 Å².